The number of β-amino-alcohol motifs (C(OH)–C–C–N with tert-alkyl or cyclic N) is 1. The molecule has 0 aromatic heterocycles. The average molecular weight is 350 g/mol. The first-order valence-corrected chi connectivity index (χ1v) is 7.21. The number of nitrogens with one attached hydrogen (secondary N) is 2. The zero-order valence-electron chi connectivity index (χ0n) is 12.5. The topological polar surface area (TPSA) is 64.6 Å². The van der Waals surface area contributed by atoms with Crippen molar-refractivity contribution in [2.24, 2.45) is 0 Å². The number of carbonyl (C=O) groups is 1. The molecule has 1 aliphatic rings. The van der Waals surface area contributed by atoms with Crippen LogP contribution in [0.4, 0.5) is 5.69 Å². The summed E-state index contributed by atoms with van der Waals surface area (Å²) in [6.07, 6.45) is 1.05. The lowest BCUT2D eigenvalue weighted by atomic mass is 10.3. The molecule has 0 aliphatic carbocycles. The highest BCUT2D eigenvalue weighted by molar-refractivity contribution is 5.85. The number of benzene rings is 1. The van der Waals surface area contributed by atoms with Crippen LogP contribution in [0.5, 0.6) is 0 Å². The van der Waals surface area contributed by atoms with Crippen LogP contribution in [0.25, 0.3) is 0 Å². The van der Waals surface area contributed by atoms with Gasteiger partial charge in [0.2, 0.25) is 5.91 Å². The second-order valence-corrected chi connectivity index (χ2v) is 5.09. The molecule has 1 fully saturated rings. The number of aliphatic hydroxyl groups excluding tert-OH is 1. The summed E-state index contributed by atoms with van der Waals surface area (Å²) in [5.74, 6) is 0.162. The summed E-state index contributed by atoms with van der Waals surface area (Å²) in [5.41, 5.74) is 1.09. The van der Waals surface area contributed by atoms with E-state index >= 15 is 0 Å². The zero-order chi connectivity index (χ0) is 14.2. The minimum atomic E-state index is -0.492. The van der Waals surface area contributed by atoms with E-state index in [4.69, 9.17) is 0 Å². The maximum atomic E-state index is 11.4. The lowest BCUT2D eigenvalue weighted by Crippen LogP contribution is -2.39. The van der Waals surface area contributed by atoms with Gasteiger partial charge in [0, 0.05) is 44.8 Å². The zero-order valence-corrected chi connectivity index (χ0v) is 14.2. The van der Waals surface area contributed by atoms with Gasteiger partial charge in [0.15, 0.2) is 0 Å². The Labute approximate surface area is 144 Å². The van der Waals surface area contributed by atoms with Crippen LogP contribution in [0.1, 0.15) is 12.8 Å². The molecule has 1 saturated heterocycles. The normalized spacial score (nSPS) is 15.0. The summed E-state index contributed by atoms with van der Waals surface area (Å²) in [4.78, 5) is 13.2. The van der Waals surface area contributed by atoms with Gasteiger partial charge >= 0.3 is 0 Å². The lowest BCUT2D eigenvalue weighted by molar-refractivity contribution is -0.128. The summed E-state index contributed by atoms with van der Waals surface area (Å²) in [5, 5.41) is 16.4. The van der Waals surface area contributed by atoms with Crippen molar-refractivity contribution in [2.45, 2.75) is 18.9 Å². The van der Waals surface area contributed by atoms with E-state index in [1.807, 2.05) is 30.3 Å². The summed E-state index contributed by atoms with van der Waals surface area (Å²) in [6, 6.07) is 10.0. The number of anilines is 1. The predicted octanol–water partition coefficient (Wildman–Crippen LogP) is 1.51. The van der Waals surface area contributed by atoms with Crippen LogP contribution in [0, 0.1) is 0 Å². The third-order valence-corrected chi connectivity index (χ3v) is 3.39. The Morgan fingerprint density at radius 2 is 1.91 bits per heavy atom. The molecule has 0 radical (unpaired) electrons. The molecule has 126 valence electrons. The summed E-state index contributed by atoms with van der Waals surface area (Å²) in [7, 11) is 0. The molecule has 1 aromatic rings. The van der Waals surface area contributed by atoms with Crippen LogP contribution in [0.15, 0.2) is 30.3 Å². The second kappa shape index (κ2) is 11.5. The van der Waals surface area contributed by atoms with Gasteiger partial charge in [0.1, 0.15) is 0 Å². The standard InChI is InChI=1S/C15H23N3O2.2ClH/c19-14(12-18-10-4-7-15(18)20)11-16-8-9-17-13-5-2-1-3-6-13;;/h1-3,5-6,14,16-17,19H,4,7-12H2;2*1H. The van der Waals surface area contributed by atoms with E-state index in [0.29, 0.717) is 19.5 Å². The number of likely N-dealkylation sites (tertiary alicyclic amines) is 1. The Bertz CT molecular complexity index is 421. The quantitative estimate of drug-likeness (QED) is 0.622. The number of hydrogen-bond donors (Lipinski definition) is 3. The number of aliphatic hydroxyl groups is 1. The fourth-order valence-electron chi connectivity index (χ4n) is 2.34. The van der Waals surface area contributed by atoms with E-state index in [-0.39, 0.29) is 30.7 Å². The van der Waals surface area contributed by atoms with Crippen LogP contribution in [-0.4, -0.2) is 54.7 Å². The fraction of sp³-hybridized carbons (Fsp3) is 0.533. The van der Waals surface area contributed by atoms with Crippen molar-refractivity contribution in [2.75, 3.05) is 38.0 Å². The van der Waals surface area contributed by atoms with Gasteiger partial charge in [-0.15, -0.1) is 24.8 Å². The van der Waals surface area contributed by atoms with E-state index in [1.54, 1.807) is 4.90 Å². The lowest BCUT2D eigenvalue weighted by Gasteiger charge is -2.20. The van der Waals surface area contributed by atoms with Crippen molar-refractivity contribution >= 4 is 36.4 Å². The molecule has 1 unspecified atom stereocenters. The van der Waals surface area contributed by atoms with E-state index in [9.17, 15) is 9.90 Å². The van der Waals surface area contributed by atoms with Crippen molar-refractivity contribution in [1.82, 2.24) is 10.2 Å². The van der Waals surface area contributed by atoms with Crippen molar-refractivity contribution in [1.29, 1.82) is 0 Å². The molecule has 0 spiro atoms. The molecule has 1 aromatic carbocycles. The third kappa shape index (κ3) is 7.31. The number of hydrogen-bond acceptors (Lipinski definition) is 4. The van der Waals surface area contributed by atoms with Crippen molar-refractivity contribution in [3.63, 3.8) is 0 Å². The van der Waals surface area contributed by atoms with E-state index < -0.39 is 6.10 Å². The van der Waals surface area contributed by atoms with E-state index in [0.717, 1.165) is 31.7 Å². The SMILES string of the molecule is Cl.Cl.O=C1CCCN1CC(O)CNCCNc1ccccc1. The molecule has 2 rings (SSSR count). The minimum Gasteiger partial charge on any atom is -0.390 e. The first kappa shape index (κ1) is 21.0. The third-order valence-electron chi connectivity index (χ3n) is 3.39. The molecule has 3 N–H and O–H groups in total. The molecule has 0 saturated carbocycles. The average Bonchev–Trinajstić information content (AvgIpc) is 2.85. The molecule has 5 nitrogen and oxygen atoms in total. The van der Waals surface area contributed by atoms with E-state index in [2.05, 4.69) is 10.6 Å². The van der Waals surface area contributed by atoms with Gasteiger partial charge in [-0.2, -0.15) is 0 Å². The van der Waals surface area contributed by atoms with Crippen LogP contribution >= 0.6 is 24.8 Å². The van der Waals surface area contributed by atoms with Gasteiger partial charge in [0.25, 0.3) is 0 Å². The minimum absolute atomic E-state index is 0. The van der Waals surface area contributed by atoms with Crippen LogP contribution in [-0.2, 0) is 4.79 Å². The largest absolute Gasteiger partial charge is 0.390 e. The van der Waals surface area contributed by atoms with Crippen LogP contribution in [0.3, 0.4) is 0 Å². The number of halogens is 2. The highest BCUT2D eigenvalue weighted by Crippen LogP contribution is 2.09. The highest BCUT2D eigenvalue weighted by Gasteiger charge is 2.22. The Balaban J connectivity index is 0.00000220. The van der Waals surface area contributed by atoms with Gasteiger partial charge in [-0.25, -0.2) is 0 Å². The van der Waals surface area contributed by atoms with Gasteiger partial charge in [-0.05, 0) is 18.6 Å². The summed E-state index contributed by atoms with van der Waals surface area (Å²) < 4.78 is 0. The van der Waals surface area contributed by atoms with E-state index in [1.165, 1.54) is 0 Å². The molecule has 1 atom stereocenters. The Hall–Kier alpha value is -1.01. The highest BCUT2D eigenvalue weighted by atomic mass is 35.5. The molecule has 7 heteroatoms. The Morgan fingerprint density at radius 1 is 1.18 bits per heavy atom. The molecule has 1 aliphatic heterocycles. The molecule has 1 heterocycles. The van der Waals surface area contributed by atoms with Gasteiger partial charge in [-0.1, -0.05) is 18.2 Å². The van der Waals surface area contributed by atoms with Crippen molar-refractivity contribution < 1.29 is 9.90 Å². The molecular formula is C15H25Cl2N3O2. The Kier molecular flexibility index (Phi) is 11.0. The predicted molar refractivity (Wildman–Crippen MR) is 94.1 cm³/mol. The first-order valence-electron chi connectivity index (χ1n) is 7.21. The Morgan fingerprint density at radius 3 is 2.55 bits per heavy atom. The number of carbonyl (C=O) groups excluding carboxylic acids is 1. The second-order valence-electron chi connectivity index (χ2n) is 5.09. The van der Waals surface area contributed by atoms with Gasteiger partial charge < -0.3 is 20.6 Å². The maximum absolute atomic E-state index is 11.4. The monoisotopic (exact) mass is 349 g/mol. The van der Waals surface area contributed by atoms with Crippen LogP contribution < -0.4 is 10.6 Å². The fourth-order valence-corrected chi connectivity index (χ4v) is 2.34. The molecule has 22 heavy (non-hydrogen) atoms. The van der Waals surface area contributed by atoms with Crippen molar-refractivity contribution in [3.05, 3.63) is 30.3 Å². The maximum Gasteiger partial charge on any atom is 0.222 e. The summed E-state index contributed by atoms with van der Waals surface area (Å²) >= 11 is 0. The number of rotatable bonds is 8. The summed E-state index contributed by atoms with van der Waals surface area (Å²) in [6.45, 7) is 3.32. The smallest absolute Gasteiger partial charge is 0.222 e. The van der Waals surface area contributed by atoms with Crippen LogP contribution in [0.2, 0.25) is 0 Å². The molecular weight excluding hydrogens is 325 g/mol. The molecule has 1 amide bonds. The van der Waals surface area contributed by atoms with Crippen molar-refractivity contribution in [3.8, 4) is 0 Å². The number of nitrogens with zero attached hydrogens (tertiary/aromatic N) is 1. The number of amides is 1. The first-order chi connectivity index (χ1) is 9.75. The van der Waals surface area contributed by atoms with Gasteiger partial charge in [0.05, 0.1) is 6.10 Å². The molecule has 0 bridgehead atoms. The van der Waals surface area contributed by atoms with Gasteiger partial charge in [-0.3, -0.25) is 4.79 Å². The number of para-hydroxylation sites is 1.